The fourth-order valence-corrected chi connectivity index (χ4v) is 3.87. The van der Waals surface area contributed by atoms with Gasteiger partial charge in [-0.25, -0.2) is 4.98 Å². The summed E-state index contributed by atoms with van der Waals surface area (Å²) in [5, 5.41) is 5.40. The standard InChI is InChI=1S/C20H25ClN4S/c1-19(2,3)16-11-15(25(6)24-16)18-22-12-17(23-18)20(4,5)26-14-9-7-13(21)8-10-14/h7-12H,1-6H3,(H,22,23). The molecule has 3 aromatic rings. The molecule has 0 fully saturated rings. The molecule has 0 aliphatic rings. The highest BCUT2D eigenvalue weighted by atomic mass is 35.5. The topological polar surface area (TPSA) is 46.5 Å². The lowest BCUT2D eigenvalue weighted by atomic mass is 9.92. The lowest BCUT2D eigenvalue weighted by Crippen LogP contribution is -2.12. The predicted molar refractivity (Wildman–Crippen MR) is 110 cm³/mol. The fraction of sp³-hybridized carbons (Fsp3) is 0.400. The van der Waals surface area contributed by atoms with Gasteiger partial charge < -0.3 is 4.98 Å². The van der Waals surface area contributed by atoms with Crippen molar-refractivity contribution in [3.05, 3.63) is 52.9 Å². The highest BCUT2D eigenvalue weighted by Gasteiger charge is 2.26. The number of imidazole rings is 1. The van der Waals surface area contributed by atoms with E-state index in [0.29, 0.717) is 0 Å². The van der Waals surface area contributed by atoms with Crippen LogP contribution in [0.15, 0.2) is 41.4 Å². The van der Waals surface area contributed by atoms with Gasteiger partial charge in [0.1, 0.15) is 5.69 Å². The number of benzene rings is 1. The summed E-state index contributed by atoms with van der Waals surface area (Å²) in [4.78, 5) is 9.27. The van der Waals surface area contributed by atoms with E-state index in [1.54, 1.807) is 11.8 Å². The summed E-state index contributed by atoms with van der Waals surface area (Å²) in [7, 11) is 1.96. The van der Waals surface area contributed by atoms with Crippen molar-refractivity contribution in [1.29, 1.82) is 0 Å². The summed E-state index contributed by atoms with van der Waals surface area (Å²) < 4.78 is 1.74. The Labute approximate surface area is 164 Å². The van der Waals surface area contributed by atoms with Crippen molar-refractivity contribution in [2.45, 2.75) is 49.7 Å². The van der Waals surface area contributed by atoms with Gasteiger partial charge in [-0.15, -0.1) is 11.8 Å². The van der Waals surface area contributed by atoms with Crippen LogP contribution in [0, 0.1) is 0 Å². The number of aryl methyl sites for hydroxylation is 1. The number of nitrogens with one attached hydrogen (secondary N) is 1. The van der Waals surface area contributed by atoms with Crippen LogP contribution < -0.4 is 0 Å². The molecule has 0 aliphatic heterocycles. The van der Waals surface area contributed by atoms with Crippen LogP contribution in [0.3, 0.4) is 0 Å². The van der Waals surface area contributed by atoms with Crippen LogP contribution >= 0.6 is 23.4 Å². The van der Waals surface area contributed by atoms with Gasteiger partial charge in [0.25, 0.3) is 0 Å². The van der Waals surface area contributed by atoms with Gasteiger partial charge in [0.2, 0.25) is 0 Å². The third-order valence-corrected chi connectivity index (χ3v) is 5.79. The van der Waals surface area contributed by atoms with Crippen molar-refractivity contribution in [1.82, 2.24) is 19.7 Å². The van der Waals surface area contributed by atoms with Crippen LogP contribution in [0.2, 0.25) is 5.02 Å². The molecule has 6 heteroatoms. The molecule has 0 unspecified atom stereocenters. The molecule has 0 atom stereocenters. The zero-order chi connectivity index (χ0) is 19.1. The Balaban J connectivity index is 1.87. The van der Waals surface area contributed by atoms with Crippen LogP contribution in [0.5, 0.6) is 0 Å². The average molecular weight is 389 g/mol. The Kier molecular flexibility index (Phi) is 4.97. The molecule has 0 amide bonds. The first kappa shape index (κ1) is 19.1. The first-order valence-electron chi connectivity index (χ1n) is 8.61. The van der Waals surface area contributed by atoms with Crippen molar-refractivity contribution < 1.29 is 0 Å². The van der Waals surface area contributed by atoms with Crippen molar-refractivity contribution in [3.8, 4) is 11.5 Å². The number of hydrogen-bond donors (Lipinski definition) is 1. The molecular formula is C20H25ClN4S. The maximum Gasteiger partial charge on any atom is 0.155 e. The number of nitrogens with zero attached hydrogens (tertiary/aromatic N) is 3. The number of rotatable bonds is 4. The van der Waals surface area contributed by atoms with Crippen LogP contribution in [0.4, 0.5) is 0 Å². The third-order valence-electron chi connectivity index (χ3n) is 4.30. The SMILES string of the molecule is Cn1nc(C(C)(C)C)cc1-c1ncc(C(C)(C)Sc2ccc(Cl)cc2)[nH]1. The number of H-pyrrole nitrogens is 1. The molecule has 0 saturated heterocycles. The first-order chi connectivity index (χ1) is 12.1. The Morgan fingerprint density at radius 3 is 2.31 bits per heavy atom. The monoisotopic (exact) mass is 388 g/mol. The zero-order valence-electron chi connectivity index (χ0n) is 16.1. The van der Waals surface area contributed by atoms with Gasteiger partial charge in [-0.2, -0.15) is 5.10 Å². The third kappa shape index (κ3) is 3.99. The highest BCUT2D eigenvalue weighted by molar-refractivity contribution is 8.00. The summed E-state index contributed by atoms with van der Waals surface area (Å²) in [6.45, 7) is 10.9. The minimum absolute atomic E-state index is 0.00907. The molecule has 1 aromatic carbocycles. The minimum atomic E-state index is -0.148. The fourth-order valence-electron chi connectivity index (χ4n) is 2.66. The molecule has 1 N–H and O–H groups in total. The Morgan fingerprint density at radius 1 is 1.08 bits per heavy atom. The Morgan fingerprint density at radius 2 is 1.73 bits per heavy atom. The van der Waals surface area contributed by atoms with Crippen molar-refractivity contribution in [2.24, 2.45) is 7.05 Å². The van der Waals surface area contributed by atoms with Gasteiger partial charge in [-0.05, 0) is 44.2 Å². The second-order valence-electron chi connectivity index (χ2n) is 8.00. The van der Waals surface area contributed by atoms with E-state index in [2.05, 4.69) is 55.8 Å². The van der Waals surface area contributed by atoms with Gasteiger partial charge in [0.05, 0.1) is 22.3 Å². The molecule has 2 aromatic heterocycles. The molecule has 0 radical (unpaired) electrons. The van der Waals surface area contributed by atoms with Gasteiger partial charge in [0, 0.05) is 22.4 Å². The largest absolute Gasteiger partial charge is 0.339 e. The summed E-state index contributed by atoms with van der Waals surface area (Å²) in [6, 6.07) is 10.0. The second-order valence-corrected chi connectivity index (χ2v) is 10.1. The van der Waals surface area contributed by atoms with Gasteiger partial charge in [-0.3, -0.25) is 4.68 Å². The van der Waals surface area contributed by atoms with Gasteiger partial charge in [-0.1, -0.05) is 32.4 Å². The van der Waals surface area contributed by atoms with Crippen LogP contribution in [0.25, 0.3) is 11.5 Å². The predicted octanol–water partition coefficient (Wildman–Crippen LogP) is 5.79. The van der Waals surface area contributed by atoms with Gasteiger partial charge >= 0.3 is 0 Å². The maximum atomic E-state index is 5.99. The normalized spacial score (nSPS) is 12.6. The molecule has 0 aliphatic carbocycles. The molecule has 4 nitrogen and oxygen atoms in total. The first-order valence-corrected chi connectivity index (χ1v) is 9.81. The maximum absolute atomic E-state index is 5.99. The number of aromatic amines is 1. The highest BCUT2D eigenvalue weighted by Crippen LogP contribution is 2.40. The molecule has 0 bridgehead atoms. The van der Waals surface area contributed by atoms with E-state index in [-0.39, 0.29) is 10.2 Å². The molecule has 138 valence electrons. The van der Waals surface area contributed by atoms with E-state index >= 15 is 0 Å². The molecule has 3 rings (SSSR count). The van der Waals surface area contributed by atoms with E-state index in [9.17, 15) is 0 Å². The van der Waals surface area contributed by atoms with E-state index in [1.807, 2.05) is 42.2 Å². The molecular weight excluding hydrogens is 364 g/mol. The van der Waals surface area contributed by atoms with E-state index < -0.39 is 0 Å². The molecule has 0 saturated carbocycles. The smallest absolute Gasteiger partial charge is 0.155 e. The summed E-state index contributed by atoms with van der Waals surface area (Å²) in [5.41, 5.74) is 3.14. The molecule has 2 heterocycles. The molecule has 26 heavy (non-hydrogen) atoms. The second kappa shape index (κ2) is 6.78. The summed E-state index contributed by atoms with van der Waals surface area (Å²) in [5.74, 6) is 0.843. The lowest BCUT2D eigenvalue weighted by molar-refractivity contribution is 0.553. The molecule has 0 spiro atoms. The summed E-state index contributed by atoms with van der Waals surface area (Å²) >= 11 is 7.76. The lowest BCUT2D eigenvalue weighted by Gasteiger charge is -2.22. The number of aromatic nitrogens is 4. The van der Waals surface area contributed by atoms with Crippen molar-refractivity contribution in [2.75, 3.05) is 0 Å². The number of halogens is 1. The van der Waals surface area contributed by atoms with Crippen LogP contribution in [-0.4, -0.2) is 19.7 Å². The van der Waals surface area contributed by atoms with Crippen LogP contribution in [0.1, 0.15) is 46.0 Å². The van der Waals surface area contributed by atoms with Crippen molar-refractivity contribution in [3.63, 3.8) is 0 Å². The number of thioether (sulfide) groups is 1. The van der Waals surface area contributed by atoms with Crippen LogP contribution in [-0.2, 0) is 17.2 Å². The quantitative estimate of drug-likeness (QED) is 0.575. The van der Waals surface area contributed by atoms with Gasteiger partial charge in [0.15, 0.2) is 5.82 Å². The Hall–Kier alpha value is -1.72. The van der Waals surface area contributed by atoms with E-state index in [1.165, 1.54) is 4.90 Å². The Bertz CT molecular complexity index is 901. The van der Waals surface area contributed by atoms with Crippen molar-refractivity contribution >= 4 is 23.4 Å². The average Bonchev–Trinajstić information content (AvgIpc) is 3.15. The summed E-state index contributed by atoms with van der Waals surface area (Å²) in [6.07, 6.45) is 1.92. The van der Waals surface area contributed by atoms with E-state index in [4.69, 9.17) is 11.6 Å². The van der Waals surface area contributed by atoms with E-state index in [0.717, 1.165) is 27.9 Å². The zero-order valence-corrected chi connectivity index (χ0v) is 17.7. The minimum Gasteiger partial charge on any atom is -0.339 e. The number of hydrogen-bond acceptors (Lipinski definition) is 3.